The van der Waals surface area contributed by atoms with E-state index in [1.54, 1.807) is 0 Å². The molecular formula is C10H21NO. The molecule has 0 heterocycles. The minimum absolute atomic E-state index is 0.260. The molecule has 0 saturated heterocycles. The molecule has 0 aromatic carbocycles. The second-order valence-corrected chi connectivity index (χ2v) is 3.27. The molecule has 2 nitrogen and oxygen atoms in total. The third kappa shape index (κ3) is 6.38. The molecule has 0 aromatic rings. The third-order valence-electron chi connectivity index (χ3n) is 1.81. The van der Waals surface area contributed by atoms with Crippen LogP contribution in [0.1, 0.15) is 26.7 Å². The average Bonchev–Trinajstić information content (AvgIpc) is 2.01. The van der Waals surface area contributed by atoms with Crippen molar-refractivity contribution in [3.8, 4) is 0 Å². The van der Waals surface area contributed by atoms with E-state index in [0.29, 0.717) is 0 Å². The molecule has 0 aliphatic rings. The number of rotatable bonds is 7. The molecule has 12 heavy (non-hydrogen) atoms. The summed E-state index contributed by atoms with van der Waals surface area (Å²) in [6.07, 6.45) is 2.19. The van der Waals surface area contributed by atoms with Gasteiger partial charge in [-0.3, -0.25) is 0 Å². The predicted molar refractivity (Wildman–Crippen MR) is 53.2 cm³/mol. The lowest BCUT2D eigenvalue weighted by molar-refractivity contribution is 0.197. The first-order valence-corrected chi connectivity index (χ1v) is 4.68. The van der Waals surface area contributed by atoms with Crippen LogP contribution in [0.4, 0.5) is 0 Å². The molecule has 0 aromatic heterocycles. The lowest BCUT2D eigenvalue weighted by Crippen LogP contribution is -2.28. The van der Waals surface area contributed by atoms with Gasteiger partial charge in [0.05, 0.1) is 6.61 Å². The quantitative estimate of drug-likeness (QED) is 0.589. The second-order valence-electron chi connectivity index (χ2n) is 3.27. The molecule has 0 bridgehead atoms. The normalized spacial score (nSPS) is 10.7. The Morgan fingerprint density at radius 3 is 2.42 bits per heavy atom. The maximum absolute atomic E-state index is 8.76. The van der Waals surface area contributed by atoms with Crippen LogP contribution in [0.5, 0.6) is 0 Å². The first kappa shape index (κ1) is 11.7. The maximum Gasteiger partial charge on any atom is 0.0558 e. The highest BCUT2D eigenvalue weighted by molar-refractivity contribution is 4.88. The van der Waals surface area contributed by atoms with Crippen molar-refractivity contribution in [1.29, 1.82) is 0 Å². The number of aliphatic hydroxyl groups excluding tert-OH is 1. The Bertz CT molecular complexity index is 117. The standard InChI is InChI=1S/C10H21NO/c1-4-6-11(8-9-12)7-5-10(2)3/h12H,2,4-9H2,1,3H3. The Kier molecular flexibility index (Phi) is 7.11. The van der Waals surface area contributed by atoms with Crippen LogP contribution in [-0.2, 0) is 0 Å². The predicted octanol–water partition coefficient (Wildman–Crippen LogP) is 1.66. The van der Waals surface area contributed by atoms with E-state index < -0.39 is 0 Å². The SMILES string of the molecule is C=C(C)CCN(CCC)CCO. The molecule has 0 aliphatic heterocycles. The number of nitrogens with zero attached hydrogens (tertiary/aromatic N) is 1. The largest absolute Gasteiger partial charge is 0.395 e. The van der Waals surface area contributed by atoms with E-state index in [2.05, 4.69) is 18.4 Å². The molecule has 0 aliphatic carbocycles. The van der Waals surface area contributed by atoms with Gasteiger partial charge >= 0.3 is 0 Å². The summed E-state index contributed by atoms with van der Waals surface area (Å²) in [6.45, 7) is 11.2. The van der Waals surface area contributed by atoms with Crippen LogP contribution < -0.4 is 0 Å². The van der Waals surface area contributed by atoms with Gasteiger partial charge in [0.2, 0.25) is 0 Å². The molecule has 0 rings (SSSR count). The van der Waals surface area contributed by atoms with Crippen molar-refractivity contribution in [3.05, 3.63) is 12.2 Å². The van der Waals surface area contributed by atoms with Crippen molar-refractivity contribution in [3.63, 3.8) is 0 Å². The van der Waals surface area contributed by atoms with E-state index in [9.17, 15) is 0 Å². The van der Waals surface area contributed by atoms with Crippen molar-refractivity contribution < 1.29 is 5.11 Å². The molecule has 0 amide bonds. The van der Waals surface area contributed by atoms with Gasteiger partial charge in [-0.2, -0.15) is 0 Å². The molecule has 2 heteroatoms. The summed E-state index contributed by atoms with van der Waals surface area (Å²) in [7, 11) is 0. The summed E-state index contributed by atoms with van der Waals surface area (Å²) in [5, 5.41) is 8.76. The smallest absolute Gasteiger partial charge is 0.0558 e. The minimum atomic E-state index is 0.260. The minimum Gasteiger partial charge on any atom is -0.395 e. The lowest BCUT2D eigenvalue weighted by Gasteiger charge is -2.20. The molecule has 0 atom stereocenters. The zero-order valence-electron chi connectivity index (χ0n) is 8.34. The fourth-order valence-corrected chi connectivity index (χ4v) is 1.14. The van der Waals surface area contributed by atoms with Crippen LogP contribution in [0.15, 0.2) is 12.2 Å². The monoisotopic (exact) mass is 171 g/mol. The van der Waals surface area contributed by atoms with Gasteiger partial charge in [-0.25, -0.2) is 0 Å². The highest BCUT2D eigenvalue weighted by atomic mass is 16.3. The van der Waals surface area contributed by atoms with Crippen molar-refractivity contribution in [2.45, 2.75) is 26.7 Å². The summed E-state index contributed by atoms with van der Waals surface area (Å²) in [5.41, 5.74) is 1.22. The average molecular weight is 171 g/mol. The van der Waals surface area contributed by atoms with E-state index in [4.69, 9.17) is 5.11 Å². The summed E-state index contributed by atoms with van der Waals surface area (Å²) < 4.78 is 0. The fourth-order valence-electron chi connectivity index (χ4n) is 1.14. The van der Waals surface area contributed by atoms with Crippen molar-refractivity contribution >= 4 is 0 Å². The van der Waals surface area contributed by atoms with E-state index in [-0.39, 0.29) is 6.61 Å². The molecule has 72 valence electrons. The summed E-state index contributed by atoms with van der Waals surface area (Å²) in [4.78, 5) is 2.27. The Balaban J connectivity index is 3.54. The Morgan fingerprint density at radius 1 is 1.33 bits per heavy atom. The number of aliphatic hydroxyl groups is 1. The van der Waals surface area contributed by atoms with Gasteiger partial charge in [0, 0.05) is 13.1 Å². The number of hydrogen-bond donors (Lipinski definition) is 1. The Morgan fingerprint density at radius 2 is 2.00 bits per heavy atom. The summed E-state index contributed by atoms with van der Waals surface area (Å²) in [6, 6.07) is 0. The van der Waals surface area contributed by atoms with Gasteiger partial charge in [-0.15, -0.1) is 6.58 Å². The van der Waals surface area contributed by atoms with E-state index in [1.165, 1.54) is 5.57 Å². The van der Waals surface area contributed by atoms with Crippen LogP contribution in [0.3, 0.4) is 0 Å². The topological polar surface area (TPSA) is 23.5 Å². The van der Waals surface area contributed by atoms with E-state index in [0.717, 1.165) is 32.5 Å². The summed E-state index contributed by atoms with van der Waals surface area (Å²) >= 11 is 0. The van der Waals surface area contributed by atoms with E-state index >= 15 is 0 Å². The van der Waals surface area contributed by atoms with Crippen molar-refractivity contribution in [1.82, 2.24) is 4.90 Å². The lowest BCUT2D eigenvalue weighted by atomic mass is 10.2. The molecule has 1 N–H and O–H groups in total. The van der Waals surface area contributed by atoms with Crippen molar-refractivity contribution in [2.75, 3.05) is 26.2 Å². The van der Waals surface area contributed by atoms with Gasteiger partial charge < -0.3 is 10.0 Å². The van der Waals surface area contributed by atoms with Crippen molar-refractivity contribution in [2.24, 2.45) is 0 Å². The van der Waals surface area contributed by atoms with Gasteiger partial charge in [-0.05, 0) is 26.3 Å². The first-order chi connectivity index (χ1) is 5.70. The first-order valence-electron chi connectivity index (χ1n) is 4.68. The van der Waals surface area contributed by atoms with Crippen LogP contribution in [0.25, 0.3) is 0 Å². The molecular weight excluding hydrogens is 150 g/mol. The maximum atomic E-state index is 8.76. The van der Waals surface area contributed by atoms with Gasteiger partial charge in [0.15, 0.2) is 0 Å². The highest BCUT2D eigenvalue weighted by Crippen LogP contribution is 1.99. The Hall–Kier alpha value is -0.340. The Labute approximate surface area is 75.9 Å². The second kappa shape index (κ2) is 7.32. The fraction of sp³-hybridized carbons (Fsp3) is 0.800. The van der Waals surface area contributed by atoms with Crippen LogP contribution in [0, 0.1) is 0 Å². The third-order valence-corrected chi connectivity index (χ3v) is 1.81. The van der Waals surface area contributed by atoms with Gasteiger partial charge in [0.25, 0.3) is 0 Å². The molecule has 0 radical (unpaired) electrons. The highest BCUT2D eigenvalue weighted by Gasteiger charge is 2.01. The van der Waals surface area contributed by atoms with E-state index in [1.807, 2.05) is 6.92 Å². The molecule has 0 fully saturated rings. The van der Waals surface area contributed by atoms with Gasteiger partial charge in [-0.1, -0.05) is 12.5 Å². The number of hydrogen-bond acceptors (Lipinski definition) is 2. The molecule has 0 saturated carbocycles. The van der Waals surface area contributed by atoms with Crippen LogP contribution in [0.2, 0.25) is 0 Å². The zero-order chi connectivity index (χ0) is 9.40. The van der Waals surface area contributed by atoms with Gasteiger partial charge in [0.1, 0.15) is 0 Å². The molecule has 0 unspecified atom stereocenters. The zero-order valence-corrected chi connectivity index (χ0v) is 8.34. The molecule has 0 spiro atoms. The summed E-state index contributed by atoms with van der Waals surface area (Å²) in [5.74, 6) is 0. The van der Waals surface area contributed by atoms with Crippen LogP contribution >= 0.6 is 0 Å². The van der Waals surface area contributed by atoms with Crippen LogP contribution in [-0.4, -0.2) is 36.2 Å².